The topological polar surface area (TPSA) is 206 Å². The molecule has 1 aromatic carbocycles. The SMILES string of the molecule is C1CCNCC1.CCOC(=O)C(=O)CBr.COC(=O)c1csc(N2CCCCC2)n1.COC(=O)c1csc(N2CCCCC2)n1.O=C(N=CC=S)c1ccccc1.O=C(c1csc(N2CCCCC2)n1)N1CCCC1. The fourth-order valence-corrected chi connectivity index (χ4v) is 10.7. The number of aromatic nitrogens is 3. The van der Waals surface area contributed by atoms with Crippen LogP contribution in [0.1, 0.15) is 139 Å². The van der Waals surface area contributed by atoms with E-state index in [1.807, 2.05) is 16.3 Å². The smallest absolute Gasteiger partial charge is 0.375 e. The number of thiocarbonyl (C=S) groups is 1. The average molecular weight is 1180 g/mol. The van der Waals surface area contributed by atoms with E-state index in [4.69, 9.17) is 0 Å². The molecule has 5 fully saturated rings. The number of anilines is 3. The van der Waals surface area contributed by atoms with Gasteiger partial charge in [0.15, 0.2) is 26.8 Å². The predicted octanol–water partition coefficient (Wildman–Crippen LogP) is 9.38. The molecule has 3 aromatic heterocycles. The number of nitrogens with one attached hydrogen (secondary N) is 1. The van der Waals surface area contributed by atoms with Gasteiger partial charge in [0.25, 0.3) is 11.8 Å². The number of hydrogen-bond donors (Lipinski definition) is 1. The average Bonchev–Trinajstić information content (AvgIpc) is 4.36. The van der Waals surface area contributed by atoms with Gasteiger partial charge in [-0.05, 0) is 116 Å². The summed E-state index contributed by atoms with van der Waals surface area (Å²) in [7, 11) is 2.75. The Kier molecular flexibility index (Phi) is 30.7. The Balaban J connectivity index is 0.000000200. The van der Waals surface area contributed by atoms with Crippen LogP contribution >= 0.6 is 62.2 Å². The molecule has 0 unspecified atom stereocenters. The molecule has 75 heavy (non-hydrogen) atoms. The summed E-state index contributed by atoms with van der Waals surface area (Å²) in [6.07, 6.45) is 19.1. The van der Waals surface area contributed by atoms with E-state index < -0.39 is 11.8 Å². The molecule has 23 heteroatoms. The quantitative estimate of drug-likeness (QED) is 0.0371. The summed E-state index contributed by atoms with van der Waals surface area (Å²) < 4.78 is 13.6. The van der Waals surface area contributed by atoms with E-state index in [-0.39, 0.29) is 35.7 Å². The molecule has 0 atom stereocenters. The van der Waals surface area contributed by atoms with Gasteiger partial charge in [-0.2, -0.15) is 0 Å². The summed E-state index contributed by atoms with van der Waals surface area (Å²) in [5.74, 6) is -2.17. The summed E-state index contributed by atoms with van der Waals surface area (Å²) in [5, 5.41) is 13.0. The van der Waals surface area contributed by atoms with Crippen LogP contribution in [0.2, 0.25) is 0 Å². The molecule has 0 radical (unpaired) electrons. The minimum Gasteiger partial charge on any atom is -0.464 e. The van der Waals surface area contributed by atoms with E-state index in [0.717, 1.165) is 80.6 Å². The standard InChI is InChI=1S/C13H19N3OS.2C10H14N2O2S.C9H7NOS.C5H7BrO3.C5H11N/c17-12(15-6-4-5-7-15)11-10-18-13(14-11)16-8-2-1-3-9-16;2*1-14-9(13)8-7-15-10(11-8)12-5-3-2-4-6-12;11-9(10-6-7-12)8-4-2-1-3-5-8;1-2-9-5(8)4(7)3-6;1-2-4-6-5-3-1/h10H,1-9H2;2*7H,2-6H2,1H3;1-7H;2-3H2,1H3;6H,1-5H2. The van der Waals surface area contributed by atoms with Crippen LogP contribution in [0, 0.1) is 0 Å². The molecule has 5 aliphatic heterocycles. The lowest BCUT2D eigenvalue weighted by molar-refractivity contribution is -0.152. The zero-order valence-corrected chi connectivity index (χ0v) is 48.3. The predicted molar refractivity (Wildman–Crippen MR) is 307 cm³/mol. The summed E-state index contributed by atoms with van der Waals surface area (Å²) in [6, 6.07) is 8.85. The van der Waals surface area contributed by atoms with Crippen molar-refractivity contribution in [2.45, 2.75) is 96.8 Å². The number of ketones is 1. The van der Waals surface area contributed by atoms with Crippen molar-refractivity contribution in [2.24, 2.45) is 4.99 Å². The van der Waals surface area contributed by atoms with Crippen molar-refractivity contribution < 1.29 is 43.0 Å². The van der Waals surface area contributed by atoms with Gasteiger partial charge in [-0.3, -0.25) is 14.4 Å². The van der Waals surface area contributed by atoms with Crippen molar-refractivity contribution in [3.8, 4) is 0 Å². The molecular formula is C52H72BrN9O9S4. The molecule has 8 heterocycles. The van der Waals surface area contributed by atoms with Gasteiger partial charge in [-0.25, -0.2) is 34.3 Å². The van der Waals surface area contributed by atoms with Crippen LogP contribution in [-0.2, 0) is 23.8 Å². The number of methoxy groups -OCH3 is 2. The summed E-state index contributed by atoms with van der Waals surface area (Å²) in [4.78, 5) is 91.9. The molecule has 0 spiro atoms. The van der Waals surface area contributed by atoms with Crippen LogP contribution in [-0.4, -0.2) is 159 Å². The van der Waals surface area contributed by atoms with Gasteiger partial charge in [0.05, 0.1) is 26.2 Å². The Morgan fingerprint density at radius 1 is 0.627 bits per heavy atom. The largest absolute Gasteiger partial charge is 0.464 e. The maximum Gasteiger partial charge on any atom is 0.375 e. The zero-order chi connectivity index (χ0) is 54.0. The number of hydrogen-bond acceptors (Lipinski definition) is 20. The number of piperidine rings is 4. The Morgan fingerprint density at radius 2 is 1.04 bits per heavy atom. The van der Waals surface area contributed by atoms with Crippen molar-refractivity contribution in [1.29, 1.82) is 0 Å². The third-order valence-electron chi connectivity index (χ3n) is 11.9. The molecule has 2 amide bonds. The molecule has 9 rings (SSSR count). The highest BCUT2D eigenvalue weighted by Gasteiger charge is 2.24. The number of halogens is 1. The van der Waals surface area contributed by atoms with E-state index in [0.29, 0.717) is 22.6 Å². The molecule has 0 saturated carbocycles. The number of rotatable bonds is 11. The second-order valence-electron chi connectivity index (χ2n) is 17.3. The lowest BCUT2D eigenvalue weighted by Gasteiger charge is -2.25. The number of benzene rings is 1. The van der Waals surface area contributed by atoms with Crippen molar-refractivity contribution in [1.82, 2.24) is 25.2 Å². The van der Waals surface area contributed by atoms with Crippen LogP contribution < -0.4 is 20.0 Å². The number of carbonyl (C=O) groups is 6. The van der Waals surface area contributed by atoms with E-state index >= 15 is 0 Å². The third-order valence-corrected chi connectivity index (χ3v) is 15.2. The van der Waals surface area contributed by atoms with Crippen LogP contribution in [0.15, 0.2) is 51.5 Å². The fraction of sp³-hybridized carbons (Fsp3) is 0.558. The minimum absolute atomic E-state index is 0.0336. The summed E-state index contributed by atoms with van der Waals surface area (Å²) in [5.41, 5.74) is 2.05. The highest BCUT2D eigenvalue weighted by atomic mass is 79.9. The molecule has 18 nitrogen and oxygen atoms in total. The number of amides is 2. The molecule has 5 aliphatic rings. The maximum absolute atomic E-state index is 12.2. The number of ether oxygens (including phenoxy) is 3. The van der Waals surface area contributed by atoms with Crippen LogP contribution in [0.3, 0.4) is 0 Å². The van der Waals surface area contributed by atoms with Crippen molar-refractivity contribution >= 4 is 125 Å². The number of thiazole rings is 3. The maximum atomic E-state index is 12.2. The Labute approximate surface area is 467 Å². The van der Waals surface area contributed by atoms with Gasteiger partial charge < -0.3 is 39.1 Å². The monoisotopic (exact) mass is 1170 g/mol. The highest BCUT2D eigenvalue weighted by Crippen LogP contribution is 2.27. The number of aliphatic imine (C=N–C) groups is 1. The van der Waals surface area contributed by atoms with Gasteiger partial charge in [0.1, 0.15) is 5.69 Å². The second kappa shape index (κ2) is 36.8. The van der Waals surface area contributed by atoms with Gasteiger partial charge in [-0.1, -0.05) is 52.8 Å². The summed E-state index contributed by atoms with van der Waals surface area (Å²) in [6.45, 7) is 12.6. The minimum atomic E-state index is -0.769. The number of carbonyl (C=O) groups excluding carboxylic acids is 6. The number of esters is 3. The Morgan fingerprint density at radius 3 is 1.41 bits per heavy atom. The molecule has 4 aromatic rings. The zero-order valence-electron chi connectivity index (χ0n) is 43.4. The van der Waals surface area contributed by atoms with Crippen LogP contribution in [0.25, 0.3) is 0 Å². The number of nitrogens with zero attached hydrogens (tertiary/aromatic N) is 8. The van der Waals surface area contributed by atoms with E-state index in [1.165, 1.54) is 139 Å². The normalized spacial score (nSPS) is 16.1. The first kappa shape index (κ1) is 62.5. The molecule has 5 saturated heterocycles. The Bertz CT molecular complexity index is 2280. The van der Waals surface area contributed by atoms with Gasteiger partial charge in [0.2, 0.25) is 5.78 Å². The summed E-state index contributed by atoms with van der Waals surface area (Å²) >= 11 is 12.0. The number of likely N-dealkylation sites (tertiary alicyclic amines) is 1. The molecular weight excluding hydrogens is 1100 g/mol. The van der Waals surface area contributed by atoms with Gasteiger partial charge >= 0.3 is 17.9 Å². The Hall–Kier alpha value is -5.07. The molecule has 1 N–H and O–H groups in total. The number of alkyl halides is 1. The molecule has 0 aliphatic carbocycles. The van der Waals surface area contributed by atoms with E-state index in [2.05, 4.69) is 82.3 Å². The van der Waals surface area contributed by atoms with Crippen LogP contribution in [0.4, 0.5) is 15.4 Å². The lowest BCUT2D eigenvalue weighted by atomic mass is 10.1. The lowest BCUT2D eigenvalue weighted by Crippen LogP contribution is -2.30. The second-order valence-corrected chi connectivity index (χ2v) is 20.7. The third kappa shape index (κ3) is 23.0. The van der Waals surface area contributed by atoms with Crippen molar-refractivity contribution in [3.05, 3.63) is 69.1 Å². The fourth-order valence-electron chi connectivity index (χ4n) is 7.88. The van der Waals surface area contributed by atoms with Crippen molar-refractivity contribution in [2.75, 3.05) is 106 Å². The van der Waals surface area contributed by atoms with E-state index in [1.54, 1.807) is 53.3 Å². The highest BCUT2D eigenvalue weighted by molar-refractivity contribution is 9.09. The molecule has 410 valence electrons. The van der Waals surface area contributed by atoms with Gasteiger partial charge in [-0.15, -0.1) is 34.0 Å². The van der Waals surface area contributed by atoms with Gasteiger partial charge in [0, 0.05) is 85.6 Å². The van der Waals surface area contributed by atoms with E-state index in [9.17, 15) is 28.8 Å². The first-order valence-electron chi connectivity index (χ1n) is 25.6. The number of Topliss-reactive ketones (excluding diaryl/α,β-unsaturated/α-hetero) is 1. The molecule has 0 bridgehead atoms. The first-order valence-corrected chi connectivity index (χ1v) is 29.9. The van der Waals surface area contributed by atoms with Crippen molar-refractivity contribution in [3.63, 3.8) is 0 Å². The first-order chi connectivity index (χ1) is 36.5. The van der Waals surface area contributed by atoms with Crippen LogP contribution in [0.5, 0.6) is 0 Å².